The molecule has 16 heavy (non-hydrogen) atoms. The zero-order chi connectivity index (χ0) is 13.1. The van der Waals surface area contributed by atoms with E-state index in [1.165, 1.54) is 57.8 Å². The molecule has 0 radical (unpaired) electrons. The first-order valence-electron chi connectivity index (χ1n) is 7.62. The molecule has 2 N–H and O–H groups in total. The molecule has 0 spiro atoms. The molecule has 0 aliphatic rings. The normalized spacial score (nSPS) is 8.62. The van der Waals surface area contributed by atoms with Gasteiger partial charge in [-0.3, -0.25) is 0 Å². The molecule has 0 aromatic rings. The third-order valence-electron chi connectivity index (χ3n) is 2.31. The third-order valence-corrected chi connectivity index (χ3v) is 2.31. The number of rotatable bonds is 9. The maximum absolute atomic E-state index is 5.41. The van der Waals surface area contributed by atoms with Gasteiger partial charge in [0.05, 0.1) is 0 Å². The molecule has 0 rings (SSSR count). The van der Waals surface area contributed by atoms with E-state index < -0.39 is 0 Å². The first-order chi connectivity index (χ1) is 7.91. The lowest BCUT2D eigenvalue weighted by Crippen LogP contribution is -1.97. The molecule has 1 heteroatoms. The summed E-state index contributed by atoms with van der Waals surface area (Å²) in [6, 6.07) is 0. The predicted molar refractivity (Wildman–Crippen MR) is 79.0 cm³/mol. The van der Waals surface area contributed by atoms with E-state index in [0.29, 0.717) is 0 Å². The fourth-order valence-corrected chi connectivity index (χ4v) is 1.45. The average molecular weight is 231 g/mol. The molecule has 0 saturated carbocycles. The van der Waals surface area contributed by atoms with Crippen molar-refractivity contribution >= 4 is 0 Å². The minimum absolute atomic E-state index is 0.871. The van der Waals surface area contributed by atoms with E-state index in [0.717, 1.165) is 6.54 Å². The molecule has 102 valence electrons. The van der Waals surface area contributed by atoms with Gasteiger partial charge >= 0.3 is 0 Å². The van der Waals surface area contributed by atoms with E-state index in [1.54, 1.807) is 0 Å². The second-order valence-electron chi connectivity index (χ2n) is 3.62. The summed E-state index contributed by atoms with van der Waals surface area (Å²) in [4.78, 5) is 0. The Labute approximate surface area is 105 Å². The first-order valence-corrected chi connectivity index (χ1v) is 7.62. The quantitative estimate of drug-likeness (QED) is 0.519. The van der Waals surface area contributed by atoms with Crippen LogP contribution in [0.5, 0.6) is 0 Å². The van der Waals surface area contributed by atoms with Gasteiger partial charge in [-0.25, -0.2) is 0 Å². The molecule has 0 aliphatic heterocycles. The van der Waals surface area contributed by atoms with E-state index in [9.17, 15) is 0 Å². The highest BCUT2D eigenvalue weighted by molar-refractivity contribution is 4.46. The van der Waals surface area contributed by atoms with Gasteiger partial charge in [-0.1, -0.05) is 86.0 Å². The monoisotopic (exact) mass is 231 g/mol. The standard InChI is InChI=1S/C11H25N.2C2H6/c1-2-3-4-5-6-7-8-9-10-11-12;2*1-2/h2-12H2,1H3;2*1-2H3. The summed E-state index contributed by atoms with van der Waals surface area (Å²) in [5.74, 6) is 0. The predicted octanol–water partition coefficient (Wildman–Crippen LogP) is 5.53. The van der Waals surface area contributed by atoms with Crippen molar-refractivity contribution in [1.82, 2.24) is 0 Å². The fraction of sp³-hybridized carbons (Fsp3) is 1.00. The Balaban J connectivity index is -0.000000376. The molecular weight excluding hydrogens is 194 g/mol. The number of nitrogens with two attached hydrogens (primary N) is 1. The third kappa shape index (κ3) is 29.2. The van der Waals surface area contributed by atoms with Gasteiger partial charge in [0, 0.05) is 0 Å². The van der Waals surface area contributed by atoms with Gasteiger partial charge in [0.1, 0.15) is 0 Å². The van der Waals surface area contributed by atoms with Crippen LogP contribution in [0.3, 0.4) is 0 Å². The van der Waals surface area contributed by atoms with E-state index in [4.69, 9.17) is 5.73 Å². The van der Waals surface area contributed by atoms with Gasteiger partial charge in [-0.15, -0.1) is 0 Å². The Morgan fingerprint density at radius 3 is 1.19 bits per heavy atom. The molecule has 0 atom stereocenters. The van der Waals surface area contributed by atoms with E-state index in [2.05, 4.69) is 6.92 Å². The molecule has 0 heterocycles. The number of unbranched alkanes of at least 4 members (excludes halogenated alkanes) is 8. The summed E-state index contributed by atoms with van der Waals surface area (Å²) in [5, 5.41) is 0. The van der Waals surface area contributed by atoms with Gasteiger partial charge in [0.15, 0.2) is 0 Å². The lowest BCUT2D eigenvalue weighted by molar-refractivity contribution is 0.567. The summed E-state index contributed by atoms with van der Waals surface area (Å²) in [6.07, 6.45) is 12.5. The zero-order valence-electron chi connectivity index (χ0n) is 12.6. The molecule has 0 bridgehead atoms. The van der Waals surface area contributed by atoms with Crippen LogP contribution in [0.4, 0.5) is 0 Å². The maximum Gasteiger partial charge on any atom is -0.00773 e. The number of hydrogen-bond donors (Lipinski definition) is 1. The Hall–Kier alpha value is -0.0400. The van der Waals surface area contributed by atoms with Crippen molar-refractivity contribution in [2.45, 2.75) is 92.4 Å². The minimum Gasteiger partial charge on any atom is -0.330 e. The van der Waals surface area contributed by atoms with Crippen molar-refractivity contribution in [1.29, 1.82) is 0 Å². The molecule has 0 aromatic carbocycles. The Bertz CT molecular complexity index is 61.8. The highest BCUT2D eigenvalue weighted by Gasteiger charge is 1.90. The Morgan fingerprint density at radius 2 is 0.875 bits per heavy atom. The Morgan fingerprint density at radius 1 is 0.562 bits per heavy atom. The topological polar surface area (TPSA) is 26.0 Å². The Kier molecular flexibility index (Phi) is 39.1. The molecule has 0 aliphatic carbocycles. The summed E-state index contributed by atoms with van der Waals surface area (Å²) in [5.41, 5.74) is 5.41. The van der Waals surface area contributed by atoms with Gasteiger partial charge in [-0.2, -0.15) is 0 Å². The van der Waals surface area contributed by atoms with Crippen LogP contribution in [-0.4, -0.2) is 6.54 Å². The van der Waals surface area contributed by atoms with Gasteiger partial charge in [0.25, 0.3) is 0 Å². The van der Waals surface area contributed by atoms with Crippen LogP contribution in [0.1, 0.15) is 92.4 Å². The second kappa shape index (κ2) is 29.4. The smallest absolute Gasteiger partial charge is 0.00773 e. The molecular formula is C15H37N. The van der Waals surface area contributed by atoms with Crippen LogP contribution >= 0.6 is 0 Å². The molecule has 1 nitrogen and oxygen atoms in total. The second-order valence-corrected chi connectivity index (χ2v) is 3.62. The first kappa shape index (κ1) is 21.3. The summed E-state index contributed by atoms with van der Waals surface area (Å²) in [6.45, 7) is 11.1. The molecule has 0 aromatic heterocycles. The lowest BCUT2D eigenvalue weighted by Gasteiger charge is -1.99. The molecule has 0 fully saturated rings. The average Bonchev–Trinajstić information content (AvgIpc) is 2.38. The van der Waals surface area contributed by atoms with Crippen molar-refractivity contribution in [3.05, 3.63) is 0 Å². The van der Waals surface area contributed by atoms with Crippen LogP contribution in [0.15, 0.2) is 0 Å². The van der Waals surface area contributed by atoms with Crippen molar-refractivity contribution < 1.29 is 0 Å². The van der Waals surface area contributed by atoms with Crippen molar-refractivity contribution in [2.24, 2.45) is 5.73 Å². The van der Waals surface area contributed by atoms with Gasteiger partial charge in [-0.05, 0) is 13.0 Å². The van der Waals surface area contributed by atoms with E-state index in [-0.39, 0.29) is 0 Å². The van der Waals surface area contributed by atoms with Crippen LogP contribution in [-0.2, 0) is 0 Å². The lowest BCUT2D eigenvalue weighted by atomic mass is 10.1. The summed E-state index contributed by atoms with van der Waals surface area (Å²) < 4.78 is 0. The largest absolute Gasteiger partial charge is 0.330 e. The summed E-state index contributed by atoms with van der Waals surface area (Å²) >= 11 is 0. The van der Waals surface area contributed by atoms with Crippen molar-refractivity contribution in [2.75, 3.05) is 6.54 Å². The van der Waals surface area contributed by atoms with Crippen molar-refractivity contribution in [3.8, 4) is 0 Å². The summed E-state index contributed by atoms with van der Waals surface area (Å²) in [7, 11) is 0. The van der Waals surface area contributed by atoms with Crippen LogP contribution in [0.2, 0.25) is 0 Å². The zero-order valence-corrected chi connectivity index (χ0v) is 12.6. The highest BCUT2D eigenvalue weighted by Crippen LogP contribution is 2.08. The molecule has 0 unspecified atom stereocenters. The minimum atomic E-state index is 0.871. The van der Waals surface area contributed by atoms with Crippen molar-refractivity contribution in [3.63, 3.8) is 0 Å². The van der Waals surface area contributed by atoms with Crippen LogP contribution in [0.25, 0.3) is 0 Å². The maximum atomic E-state index is 5.41. The number of hydrogen-bond acceptors (Lipinski definition) is 1. The molecule has 0 saturated heterocycles. The fourth-order valence-electron chi connectivity index (χ4n) is 1.45. The van der Waals surface area contributed by atoms with E-state index >= 15 is 0 Å². The SMILES string of the molecule is CC.CC.CCCCCCCCCCCN. The van der Waals surface area contributed by atoms with E-state index in [1.807, 2.05) is 27.7 Å². The highest BCUT2D eigenvalue weighted by atomic mass is 14.5. The van der Waals surface area contributed by atoms with Crippen LogP contribution < -0.4 is 5.73 Å². The van der Waals surface area contributed by atoms with Gasteiger partial charge < -0.3 is 5.73 Å². The van der Waals surface area contributed by atoms with Crippen LogP contribution in [0, 0.1) is 0 Å². The van der Waals surface area contributed by atoms with Gasteiger partial charge in [0.2, 0.25) is 0 Å². The molecule has 0 amide bonds.